The lowest BCUT2D eigenvalue weighted by Crippen LogP contribution is -1.98. The molecule has 0 spiro atoms. The number of nitrogens with zero attached hydrogens (tertiary/aromatic N) is 1. The molecule has 0 radical (unpaired) electrons. The normalized spacial score (nSPS) is 10.9. The van der Waals surface area contributed by atoms with Gasteiger partial charge in [-0.1, -0.05) is 29.8 Å². The molecule has 1 aromatic carbocycles. The predicted molar refractivity (Wildman–Crippen MR) is 83.2 cm³/mol. The maximum Gasteiger partial charge on any atom is 0.136 e. The Morgan fingerprint density at radius 3 is 2.65 bits per heavy atom. The largest absolute Gasteiger partial charge is 0.457 e. The molecule has 1 N–H and O–H groups in total. The van der Waals surface area contributed by atoms with Crippen LogP contribution < -0.4 is 4.74 Å². The van der Waals surface area contributed by atoms with Crippen molar-refractivity contribution in [3.05, 3.63) is 51.8 Å². The molecule has 0 fully saturated rings. The molecule has 106 valence electrons. The zero-order chi connectivity index (χ0) is 14.7. The topological polar surface area (TPSA) is 42.4 Å². The lowest BCUT2D eigenvalue weighted by atomic mass is 10.0. The van der Waals surface area contributed by atoms with E-state index in [0.29, 0.717) is 17.2 Å². The second kappa shape index (κ2) is 6.37. The molecule has 20 heavy (non-hydrogen) atoms. The minimum absolute atomic E-state index is 0.0871. The van der Waals surface area contributed by atoms with Gasteiger partial charge >= 0.3 is 0 Å². The van der Waals surface area contributed by atoms with Crippen LogP contribution in [-0.2, 0) is 6.61 Å². The zero-order valence-electron chi connectivity index (χ0n) is 11.9. The second-order valence-corrected chi connectivity index (χ2v) is 5.95. The Morgan fingerprint density at radius 2 is 2.00 bits per heavy atom. The molecule has 4 heteroatoms. The van der Waals surface area contributed by atoms with E-state index in [9.17, 15) is 5.11 Å². The summed E-state index contributed by atoms with van der Waals surface area (Å²) in [6, 6.07) is 7.80. The van der Waals surface area contributed by atoms with Gasteiger partial charge in [0.25, 0.3) is 0 Å². The first-order valence-electron chi connectivity index (χ1n) is 6.55. The summed E-state index contributed by atoms with van der Waals surface area (Å²) < 4.78 is 7.04. The molecule has 0 amide bonds. The van der Waals surface area contributed by atoms with E-state index in [1.54, 1.807) is 6.20 Å². The van der Waals surface area contributed by atoms with Crippen LogP contribution in [0.4, 0.5) is 0 Å². The molecule has 3 nitrogen and oxygen atoms in total. The molecule has 0 unspecified atom stereocenters. The van der Waals surface area contributed by atoms with Gasteiger partial charge in [-0.15, -0.1) is 0 Å². The van der Waals surface area contributed by atoms with Crippen molar-refractivity contribution < 1.29 is 9.84 Å². The summed E-state index contributed by atoms with van der Waals surface area (Å²) in [4.78, 5) is 4.18. The molecule has 0 aliphatic rings. The lowest BCUT2D eigenvalue weighted by Gasteiger charge is -2.16. The smallest absolute Gasteiger partial charge is 0.136 e. The van der Waals surface area contributed by atoms with E-state index in [1.807, 2.05) is 25.1 Å². The molecule has 0 saturated heterocycles. The molecule has 2 rings (SSSR count). The SMILES string of the molecule is Cc1cc(Oc2ccc(Br)cc2C(C)C)c(CO)cn1. The van der Waals surface area contributed by atoms with Crippen molar-refractivity contribution >= 4 is 15.9 Å². The summed E-state index contributed by atoms with van der Waals surface area (Å²) in [5, 5.41) is 9.38. The van der Waals surface area contributed by atoms with E-state index in [4.69, 9.17) is 4.74 Å². The van der Waals surface area contributed by atoms with Crippen LogP contribution in [0.15, 0.2) is 34.9 Å². The van der Waals surface area contributed by atoms with E-state index in [2.05, 4.69) is 40.8 Å². The first-order chi connectivity index (χ1) is 9.51. The first kappa shape index (κ1) is 15.0. The summed E-state index contributed by atoms with van der Waals surface area (Å²) in [5.74, 6) is 1.82. The third-order valence-corrected chi connectivity index (χ3v) is 3.56. The van der Waals surface area contributed by atoms with Gasteiger partial charge < -0.3 is 9.84 Å². The van der Waals surface area contributed by atoms with Gasteiger partial charge in [0.05, 0.1) is 6.61 Å². The predicted octanol–water partition coefficient (Wildman–Crippen LogP) is 4.56. The van der Waals surface area contributed by atoms with E-state index in [1.165, 1.54) is 0 Å². The second-order valence-electron chi connectivity index (χ2n) is 5.03. The molecule has 0 aliphatic heterocycles. The fourth-order valence-corrected chi connectivity index (χ4v) is 2.34. The zero-order valence-corrected chi connectivity index (χ0v) is 13.4. The van der Waals surface area contributed by atoms with Crippen LogP contribution in [0.1, 0.15) is 36.6 Å². The number of rotatable bonds is 4. The van der Waals surface area contributed by atoms with Crippen LogP contribution in [0.2, 0.25) is 0 Å². The Kier molecular flexibility index (Phi) is 4.78. The summed E-state index contributed by atoms with van der Waals surface area (Å²) >= 11 is 3.48. The minimum Gasteiger partial charge on any atom is -0.457 e. The molecular formula is C16H18BrNO2. The van der Waals surface area contributed by atoms with E-state index in [-0.39, 0.29) is 6.61 Å². The lowest BCUT2D eigenvalue weighted by molar-refractivity contribution is 0.275. The van der Waals surface area contributed by atoms with Crippen LogP contribution in [-0.4, -0.2) is 10.1 Å². The third-order valence-electron chi connectivity index (χ3n) is 3.06. The number of aromatic nitrogens is 1. The van der Waals surface area contributed by atoms with E-state index >= 15 is 0 Å². The van der Waals surface area contributed by atoms with Crippen molar-refractivity contribution in [1.82, 2.24) is 4.98 Å². The Labute approximate surface area is 127 Å². The monoisotopic (exact) mass is 335 g/mol. The highest BCUT2D eigenvalue weighted by Crippen LogP contribution is 2.34. The molecule has 0 atom stereocenters. The summed E-state index contributed by atoms with van der Waals surface area (Å²) in [7, 11) is 0. The summed E-state index contributed by atoms with van der Waals surface area (Å²) in [6.07, 6.45) is 1.65. The highest BCUT2D eigenvalue weighted by Gasteiger charge is 2.12. The number of hydrogen-bond acceptors (Lipinski definition) is 3. The fourth-order valence-electron chi connectivity index (χ4n) is 1.96. The third kappa shape index (κ3) is 3.38. The average molecular weight is 336 g/mol. The van der Waals surface area contributed by atoms with Gasteiger partial charge in [-0.2, -0.15) is 0 Å². The van der Waals surface area contributed by atoms with Gasteiger partial charge in [0.1, 0.15) is 11.5 Å². The Morgan fingerprint density at radius 1 is 1.25 bits per heavy atom. The van der Waals surface area contributed by atoms with Gasteiger partial charge in [0.2, 0.25) is 0 Å². The average Bonchev–Trinajstić information content (AvgIpc) is 2.41. The number of aryl methyl sites for hydroxylation is 1. The number of hydrogen-bond donors (Lipinski definition) is 1. The number of aliphatic hydroxyl groups is 1. The quantitative estimate of drug-likeness (QED) is 0.890. The Hall–Kier alpha value is -1.39. The van der Waals surface area contributed by atoms with Crippen molar-refractivity contribution in [1.29, 1.82) is 0 Å². The minimum atomic E-state index is -0.0871. The van der Waals surface area contributed by atoms with Crippen LogP contribution in [0.25, 0.3) is 0 Å². The molecular weight excluding hydrogens is 318 g/mol. The number of halogens is 1. The Balaban J connectivity index is 2.42. The van der Waals surface area contributed by atoms with Gasteiger partial charge in [-0.3, -0.25) is 4.98 Å². The maximum absolute atomic E-state index is 9.38. The van der Waals surface area contributed by atoms with Crippen LogP contribution in [0.3, 0.4) is 0 Å². The van der Waals surface area contributed by atoms with Gasteiger partial charge in [-0.25, -0.2) is 0 Å². The van der Waals surface area contributed by atoms with Crippen molar-refractivity contribution in [2.24, 2.45) is 0 Å². The summed E-state index contributed by atoms with van der Waals surface area (Å²) in [5.41, 5.74) is 2.67. The number of ether oxygens (including phenoxy) is 1. The van der Waals surface area contributed by atoms with Gasteiger partial charge in [0.15, 0.2) is 0 Å². The molecule has 0 saturated carbocycles. The van der Waals surface area contributed by atoms with Crippen LogP contribution in [0, 0.1) is 6.92 Å². The van der Waals surface area contributed by atoms with Gasteiger partial charge in [-0.05, 0) is 36.6 Å². The van der Waals surface area contributed by atoms with Crippen molar-refractivity contribution in [2.45, 2.75) is 33.3 Å². The van der Waals surface area contributed by atoms with E-state index < -0.39 is 0 Å². The molecule has 0 bridgehead atoms. The molecule has 2 aromatic rings. The maximum atomic E-state index is 9.38. The fraction of sp³-hybridized carbons (Fsp3) is 0.312. The van der Waals surface area contributed by atoms with Crippen molar-refractivity contribution in [3.8, 4) is 11.5 Å². The van der Waals surface area contributed by atoms with Crippen LogP contribution >= 0.6 is 15.9 Å². The van der Waals surface area contributed by atoms with Crippen LogP contribution in [0.5, 0.6) is 11.5 Å². The number of aliphatic hydroxyl groups excluding tert-OH is 1. The summed E-state index contributed by atoms with van der Waals surface area (Å²) in [6.45, 7) is 6.06. The number of pyridine rings is 1. The van der Waals surface area contributed by atoms with Gasteiger partial charge in [0, 0.05) is 28.0 Å². The Bertz CT molecular complexity index is 611. The molecule has 0 aliphatic carbocycles. The molecule has 1 heterocycles. The standard InChI is InChI=1S/C16H18BrNO2/c1-10(2)14-7-13(17)4-5-15(14)20-16-6-11(3)18-8-12(16)9-19/h4-8,10,19H,9H2,1-3H3. The molecule has 1 aromatic heterocycles. The van der Waals surface area contributed by atoms with Crippen molar-refractivity contribution in [2.75, 3.05) is 0 Å². The first-order valence-corrected chi connectivity index (χ1v) is 7.34. The highest BCUT2D eigenvalue weighted by molar-refractivity contribution is 9.10. The van der Waals surface area contributed by atoms with E-state index in [0.717, 1.165) is 21.5 Å². The van der Waals surface area contributed by atoms with Crippen molar-refractivity contribution in [3.63, 3.8) is 0 Å². The highest BCUT2D eigenvalue weighted by atomic mass is 79.9. The number of benzene rings is 1.